The zero-order valence-electron chi connectivity index (χ0n) is 13.1. The first-order valence-corrected chi connectivity index (χ1v) is 8.03. The van der Waals surface area contributed by atoms with Crippen LogP contribution in [-0.4, -0.2) is 32.0 Å². The Morgan fingerprint density at radius 1 is 1.05 bits per heavy atom. The van der Waals surface area contributed by atoms with E-state index in [0.717, 1.165) is 32.6 Å². The minimum atomic E-state index is -0.162. The van der Waals surface area contributed by atoms with Crippen LogP contribution >= 0.6 is 0 Å². The Bertz CT molecular complexity index is 255. The van der Waals surface area contributed by atoms with Gasteiger partial charge in [0.2, 0.25) is 0 Å². The first-order chi connectivity index (χ1) is 9.08. The largest absolute Gasteiger partial charge is 0.315 e. The Morgan fingerprint density at radius 3 is 2.21 bits per heavy atom. The average molecular weight is 268 g/mol. The van der Waals surface area contributed by atoms with Crippen molar-refractivity contribution >= 4 is 5.78 Å². The fourth-order valence-electron chi connectivity index (χ4n) is 2.83. The standard InChI is InChI=1S/C16H32N2O/c1-4-5-6-7-8-9-16(2,3)15(19)14-12-17-10-11-18-13-14/h14,17-18H,4-13H2,1-3H3. The molecule has 2 N–H and O–H groups in total. The SMILES string of the molecule is CCCCCCCC(C)(C)C(=O)C1CNCCNC1. The van der Waals surface area contributed by atoms with Crippen LogP contribution in [0.3, 0.4) is 0 Å². The second-order valence-corrected chi connectivity index (χ2v) is 6.52. The highest BCUT2D eigenvalue weighted by atomic mass is 16.1. The molecular weight excluding hydrogens is 236 g/mol. The maximum atomic E-state index is 12.6. The molecule has 1 aliphatic heterocycles. The number of Topliss-reactive ketones (excluding diaryl/α,β-unsaturated/α-hetero) is 1. The Labute approximate surface area is 118 Å². The minimum absolute atomic E-state index is 0.146. The van der Waals surface area contributed by atoms with Crippen LogP contribution in [-0.2, 0) is 4.79 Å². The van der Waals surface area contributed by atoms with Crippen molar-refractivity contribution in [3.63, 3.8) is 0 Å². The average Bonchev–Trinajstić information content (AvgIpc) is 2.66. The predicted molar refractivity (Wildman–Crippen MR) is 81.4 cm³/mol. The van der Waals surface area contributed by atoms with E-state index in [-0.39, 0.29) is 11.3 Å². The van der Waals surface area contributed by atoms with Crippen molar-refractivity contribution in [3.05, 3.63) is 0 Å². The Morgan fingerprint density at radius 2 is 1.63 bits per heavy atom. The molecule has 112 valence electrons. The summed E-state index contributed by atoms with van der Waals surface area (Å²) in [5.74, 6) is 0.582. The van der Waals surface area contributed by atoms with Crippen LogP contribution in [0.25, 0.3) is 0 Å². The van der Waals surface area contributed by atoms with Gasteiger partial charge in [0.05, 0.1) is 0 Å². The first kappa shape index (κ1) is 16.6. The second-order valence-electron chi connectivity index (χ2n) is 6.52. The zero-order valence-corrected chi connectivity index (χ0v) is 13.1. The number of ketones is 1. The lowest BCUT2D eigenvalue weighted by Gasteiger charge is -2.28. The zero-order chi connectivity index (χ0) is 14.1. The summed E-state index contributed by atoms with van der Waals surface area (Å²) in [4.78, 5) is 12.6. The van der Waals surface area contributed by atoms with Gasteiger partial charge < -0.3 is 10.6 Å². The fraction of sp³-hybridized carbons (Fsp3) is 0.938. The van der Waals surface area contributed by atoms with Crippen molar-refractivity contribution in [3.8, 4) is 0 Å². The molecule has 1 rings (SSSR count). The smallest absolute Gasteiger partial charge is 0.144 e. The number of hydrogen-bond donors (Lipinski definition) is 2. The van der Waals surface area contributed by atoms with Gasteiger partial charge in [0.15, 0.2) is 0 Å². The molecule has 0 aromatic rings. The van der Waals surface area contributed by atoms with Crippen LogP contribution in [0.15, 0.2) is 0 Å². The number of rotatable bonds is 8. The van der Waals surface area contributed by atoms with Crippen LogP contribution in [0.2, 0.25) is 0 Å². The summed E-state index contributed by atoms with van der Waals surface area (Å²) in [5, 5.41) is 6.70. The van der Waals surface area contributed by atoms with E-state index in [2.05, 4.69) is 31.4 Å². The molecule has 1 heterocycles. The maximum absolute atomic E-state index is 12.6. The number of carbonyl (C=O) groups excluding carboxylic acids is 1. The molecule has 0 bridgehead atoms. The molecule has 0 aliphatic carbocycles. The molecule has 0 aromatic carbocycles. The first-order valence-electron chi connectivity index (χ1n) is 8.03. The van der Waals surface area contributed by atoms with E-state index >= 15 is 0 Å². The van der Waals surface area contributed by atoms with Gasteiger partial charge in [-0.1, -0.05) is 52.9 Å². The van der Waals surface area contributed by atoms with Gasteiger partial charge >= 0.3 is 0 Å². The van der Waals surface area contributed by atoms with E-state index in [1.165, 1.54) is 32.1 Å². The van der Waals surface area contributed by atoms with Crippen molar-refractivity contribution in [1.29, 1.82) is 0 Å². The van der Waals surface area contributed by atoms with Crippen LogP contribution in [0.1, 0.15) is 59.3 Å². The van der Waals surface area contributed by atoms with Crippen LogP contribution in [0.5, 0.6) is 0 Å². The Hall–Kier alpha value is -0.410. The number of nitrogens with one attached hydrogen (secondary N) is 2. The van der Waals surface area contributed by atoms with Gasteiger partial charge in [-0.3, -0.25) is 4.79 Å². The molecule has 0 spiro atoms. The number of hydrogen-bond acceptors (Lipinski definition) is 3. The summed E-state index contributed by atoms with van der Waals surface area (Å²) in [6.07, 6.45) is 7.41. The van der Waals surface area contributed by atoms with E-state index in [1.807, 2.05) is 0 Å². The van der Waals surface area contributed by atoms with Gasteiger partial charge in [-0.15, -0.1) is 0 Å². The fourth-order valence-corrected chi connectivity index (χ4v) is 2.83. The van der Waals surface area contributed by atoms with Gasteiger partial charge in [0.25, 0.3) is 0 Å². The molecule has 1 aliphatic rings. The van der Waals surface area contributed by atoms with Crippen molar-refractivity contribution in [2.45, 2.75) is 59.3 Å². The van der Waals surface area contributed by atoms with E-state index in [9.17, 15) is 4.79 Å². The van der Waals surface area contributed by atoms with Crippen LogP contribution in [0.4, 0.5) is 0 Å². The van der Waals surface area contributed by atoms with Gasteiger partial charge in [0, 0.05) is 37.5 Å². The number of carbonyl (C=O) groups is 1. The second kappa shape index (κ2) is 8.70. The van der Waals surface area contributed by atoms with Crippen molar-refractivity contribution in [1.82, 2.24) is 10.6 Å². The normalized spacial score (nSPS) is 18.3. The molecule has 0 aromatic heterocycles. The molecule has 3 nitrogen and oxygen atoms in total. The maximum Gasteiger partial charge on any atom is 0.144 e. The lowest BCUT2D eigenvalue weighted by Crippen LogP contribution is -2.39. The summed E-state index contributed by atoms with van der Waals surface area (Å²) in [7, 11) is 0. The third-order valence-electron chi connectivity index (χ3n) is 4.20. The molecule has 19 heavy (non-hydrogen) atoms. The quantitative estimate of drug-likeness (QED) is 0.665. The monoisotopic (exact) mass is 268 g/mol. The lowest BCUT2D eigenvalue weighted by atomic mass is 9.77. The van der Waals surface area contributed by atoms with Crippen molar-refractivity contribution in [2.24, 2.45) is 11.3 Å². The highest BCUT2D eigenvalue weighted by molar-refractivity contribution is 5.86. The van der Waals surface area contributed by atoms with E-state index in [4.69, 9.17) is 0 Å². The van der Waals surface area contributed by atoms with Gasteiger partial charge in [-0.05, 0) is 6.42 Å². The molecular formula is C16H32N2O. The van der Waals surface area contributed by atoms with Crippen LogP contribution in [0, 0.1) is 11.3 Å². The Kier molecular flexibility index (Phi) is 7.62. The van der Waals surface area contributed by atoms with E-state index < -0.39 is 0 Å². The summed E-state index contributed by atoms with van der Waals surface area (Å²) < 4.78 is 0. The van der Waals surface area contributed by atoms with Crippen molar-refractivity contribution < 1.29 is 4.79 Å². The third kappa shape index (κ3) is 6.05. The van der Waals surface area contributed by atoms with Gasteiger partial charge in [0.1, 0.15) is 5.78 Å². The molecule has 0 radical (unpaired) electrons. The summed E-state index contributed by atoms with van der Waals surface area (Å²) >= 11 is 0. The van der Waals surface area contributed by atoms with Crippen molar-refractivity contribution in [2.75, 3.05) is 26.2 Å². The minimum Gasteiger partial charge on any atom is -0.315 e. The summed E-state index contributed by atoms with van der Waals surface area (Å²) in [6.45, 7) is 10.1. The Balaban J connectivity index is 2.34. The topological polar surface area (TPSA) is 41.1 Å². The summed E-state index contributed by atoms with van der Waals surface area (Å²) in [6, 6.07) is 0. The molecule has 3 heteroatoms. The highest BCUT2D eigenvalue weighted by Gasteiger charge is 2.33. The van der Waals surface area contributed by atoms with Gasteiger partial charge in [-0.2, -0.15) is 0 Å². The molecule has 1 fully saturated rings. The predicted octanol–water partition coefficient (Wildman–Crippen LogP) is 2.75. The molecule has 1 saturated heterocycles. The molecule has 0 amide bonds. The lowest BCUT2D eigenvalue weighted by molar-refractivity contribution is -0.131. The van der Waals surface area contributed by atoms with Crippen LogP contribution < -0.4 is 10.6 Å². The van der Waals surface area contributed by atoms with E-state index in [1.54, 1.807) is 0 Å². The molecule has 0 unspecified atom stereocenters. The molecule has 0 saturated carbocycles. The highest BCUT2D eigenvalue weighted by Crippen LogP contribution is 2.28. The number of unbranched alkanes of at least 4 members (excludes halogenated alkanes) is 4. The van der Waals surface area contributed by atoms with Gasteiger partial charge in [-0.25, -0.2) is 0 Å². The summed E-state index contributed by atoms with van der Waals surface area (Å²) in [5.41, 5.74) is -0.162. The third-order valence-corrected chi connectivity index (χ3v) is 4.20. The molecule has 0 atom stereocenters. The van der Waals surface area contributed by atoms with E-state index in [0.29, 0.717) is 5.78 Å².